The molecule has 2 rings (SSSR count). The van der Waals surface area contributed by atoms with Crippen molar-refractivity contribution >= 4 is 5.97 Å². The minimum Gasteiger partial charge on any atom is -0.481 e. The van der Waals surface area contributed by atoms with E-state index < -0.39 is 28.9 Å². The van der Waals surface area contributed by atoms with Crippen LogP contribution in [0.15, 0.2) is 18.2 Å². The van der Waals surface area contributed by atoms with Gasteiger partial charge in [-0.1, -0.05) is 6.92 Å². The van der Waals surface area contributed by atoms with E-state index in [1.807, 2.05) is 0 Å². The monoisotopic (exact) mass is 256 g/mol. The summed E-state index contributed by atoms with van der Waals surface area (Å²) >= 11 is 0. The Morgan fingerprint density at radius 3 is 2.67 bits per heavy atom. The van der Waals surface area contributed by atoms with Gasteiger partial charge in [0.15, 0.2) is 0 Å². The number of rotatable bonds is 4. The van der Waals surface area contributed by atoms with Crippen LogP contribution in [0.2, 0.25) is 0 Å². The van der Waals surface area contributed by atoms with E-state index in [0.29, 0.717) is 0 Å². The highest BCUT2D eigenvalue weighted by atomic mass is 19.1. The quantitative estimate of drug-likeness (QED) is 0.899. The zero-order valence-corrected chi connectivity index (χ0v) is 9.95. The molecule has 0 amide bonds. The number of benzene rings is 1. The highest BCUT2D eigenvalue weighted by molar-refractivity contribution is 5.69. The summed E-state index contributed by atoms with van der Waals surface area (Å²) in [5.41, 5.74) is -0.508. The van der Waals surface area contributed by atoms with E-state index in [2.05, 4.69) is 0 Å². The summed E-state index contributed by atoms with van der Waals surface area (Å²) < 4.78 is 32.1. The largest absolute Gasteiger partial charge is 0.481 e. The normalized spacial score (nSPS) is 19.1. The van der Waals surface area contributed by atoms with Crippen LogP contribution in [0, 0.1) is 17.6 Å². The maximum Gasteiger partial charge on any atom is 0.306 e. The predicted molar refractivity (Wildman–Crippen MR) is 60.3 cm³/mol. The molecule has 0 radical (unpaired) electrons. The number of carboxylic acids is 1. The predicted octanol–water partition coefficient (Wildman–Crippen LogP) is 2.34. The van der Waals surface area contributed by atoms with Crippen molar-refractivity contribution in [1.29, 1.82) is 0 Å². The van der Waals surface area contributed by atoms with Crippen molar-refractivity contribution in [3.05, 3.63) is 35.4 Å². The average molecular weight is 256 g/mol. The summed E-state index contributed by atoms with van der Waals surface area (Å²) in [6.07, 6.45) is 0.239. The highest BCUT2D eigenvalue weighted by Crippen LogP contribution is 2.39. The van der Waals surface area contributed by atoms with Crippen molar-refractivity contribution in [2.45, 2.75) is 18.8 Å². The smallest absolute Gasteiger partial charge is 0.306 e. The lowest BCUT2D eigenvalue weighted by Gasteiger charge is -2.43. The molecule has 1 aromatic rings. The zero-order valence-electron chi connectivity index (χ0n) is 9.95. The summed E-state index contributed by atoms with van der Waals surface area (Å²) in [6, 6.07) is 3.25. The van der Waals surface area contributed by atoms with Crippen LogP contribution < -0.4 is 0 Å². The number of carbonyl (C=O) groups is 1. The summed E-state index contributed by atoms with van der Waals surface area (Å²) in [5.74, 6) is -2.62. The molecule has 1 N–H and O–H groups in total. The third-order valence-corrected chi connectivity index (χ3v) is 3.37. The van der Waals surface area contributed by atoms with Gasteiger partial charge in [0.1, 0.15) is 11.6 Å². The van der Waals surface area contributed by atoms with Crippen LogP contribution in [0.1, 0.15) is 18.9 Å². The van der Waals surface area contributed by atoms with Crippen LogP contribution in [-0.2, 0) is 14.9 Å². The number of hydrogen-bond donors (Lipinski definition) is 1. The van der Waals surface area contributed by atoms with Crippen LogP contribution in [0.3, 0.4) is 0 Å². The third kappa shape index (κ3) is 2.22. The van der Waals surface area contributed by atoms with E-state index in [4.69, 9.17) is 9.84 Å². The first-order chi connectivity index (χ1) is 8.44. The number of halogens is 2. The average Bonchev–Trinajstić information content (AvgIpc) is 2.26. The van der Waals surface area contributed by atoms with Crippen LogP contribution in [0.5, 0.6) is 0 Å². The van der Waals surface area contributed by atoms with Gasteiger partial charge in [0.05, 0.1) is 19.1 Å². The molecule has 98 valence electrons. The Balaban J connectivity index is 2.32. The van der Waals surface area contributed by atoms with Gasteiger partial charge in [0.25, 0.3) is 0 Å². The number of ether oxygens (including phenoxy) is 1. The molecule has 0 bridgehead atoms. The van der Waals surface area contributed by atoms with Gasteiger partial charge >= 0.3 is 5.97 Å². The molecule has 3 nitrogen and oxygen atoms in total. The zero-order chi connectivity index (χ0) is 13.3. The fourth-order valence-electron chi connectivity index (χ4n) is 2.31. The molecule has 0 aliphatic carbocycles. The van der Waals surface area contributed by atoms with Crippen molar-refractivity contribution in [2.24, 2.45) is 5.92 Å². The van der Waals surface area contributed by atoms with Gasteiger partial charge in [-0.2, -0.15) is 0 Å². The SMILES string of the molecule is CC(CC1(c2cc(F)ccc2F)COC1)C(=O)O. The molecule has 5 heteroatoms. The molecule has 1 aliphatic heterocycles. The summed E-state index contributed by atoms with van der Waals surface area (Å²) in [6.45, 7) is 2.01. The lowest BCUT2D eigenvalue weighted by molar-refractivity contribution is -0.144. The third-order valence-electron chi connectivity index (χ3n) is 3.37. The molecule has 1 aliphatic rings. The molecular formula is C13H14F2O3. The van der Waals surface area contributed by atoms with Crippen molar-refractivity contribution in [2.75, 3.05) is 13.2 Å². The van der Waals surface area contributed by atoms with Gasteiger partial charge in [-0.25, -0.2) is 8.78 Å². The highest BCUT2D eigenvalue weighted by Gasteiger charge is 2.44. The summed E-state index contributed by atoms with van der Waals surface area (Å²) in [7, 11) is 0. The van der Waals surface area contributed by atoms with Gasteiger partial charge in [-0.05, 0) is 24.6 Å². The Labute approximate surface area is 103 Å². The first-order valence-corrected chi connectivity index (χ1v) is 5.71. The molecule has 18 heavy (non-hydrogen) atoms. The minimum absolute atomic E-state index is 0.210. The molecule has 0 aromatic heterocycles. The molecule has 1 unspecified atom stereocenters. The van der Waals surface area contributed by atoms with Crippen LogP contribution >= 0.6 is 0 Å². The van der Waals surface area contributed by atoms with Crippen molar-refractivity contribution in [1.82, 2.24) is 0 Å². The number of aliphatic carboxylic acids is 1. The van der Waals surface area contributed by atoms with Gasteiger partial charge in [0.2, 0.25) is 0 Å². The van der Waals surface area contributed by atoms with Crippen LogP contribution in [-0.4, -0.2) is 24.3 Å². The molecule has 0 saturated carbocycles. The summed E-state index contributed by atoms with van der Waals surface area (Å²) in [5, 5.41) is 8.93. The molecule has 1 fully saturated rings. The van der Waals surface area contributed by atoms with Gasteiger partial charge in [0, 0.05) is 11.0 Å². The standard InChI is InChI=1S/C13H14F2O3/c1-8(12(16)17)5-13(6-18-7-13)10-4-9(14)2-3-11(10)15/h2-4,8H,5-7H2,1H3,(H,16,17). The van der Waals surface area contributed by atoms with E-state index in [0.717, 1.165) is 18.2 Å². The fourth-order valence-corrected chi connectivity index (χ4v) is 2.31. The second kappa shape index (κ2) is 4.65. The molecule has 0 spiro atoms. The molecule has 1 heterocycles. The van der Waals surface area contributed by atoms with Gasteiger partial charge < -0.3 is 9.84 Å². The fraction of sp³-hybridized carbons (Fsp3) is 0.462. The summed E-state index contributed by atoms with van der Waals surface area (Å²) in [4.78, 5) is 10.9. The van der Waals surface area contributed by atoms with E-state index in [1.54, 1.807) is 6.92 Å². The Morgan fingerprint density at radius 2 is 2.17 bits per heavy atom. The molecular weight excluding hydrogens is 242 g/mol. The first-order valence-electron chi connectivity index (χ1n) is 5.71. The van der Waals surface area contributed by atoms with E-state index in [9.17, 15) is 13.6 Å². The Hall–Kier alpha value is -1.49. The Kier molecular flexibility index (Phi) is 3.34. The van der Waals surface area contributed by atoms with Crippen LogP contribution in [0.25, 0.3) is 0 Å². The van der Waals surface area contributed by atoms with Gasteiger partial charge in [-0.15, -0.1) is 0 Å². The first kappa shape index (κ1) is 13.0. The molecule has 1 saturated heterocycles. The Morgan fingerprint density at radius 1 is 1.50 bits per heavy atom. The van der Waals surface area contributed by atoms with Gasteiger partial charge in [-0.3, -0.25) is 4.79 Å². The molecule has 1 aromatic carbocycles. The van der Waals surface area contributed by atoms with E-state index in [1.165, 1.54) is 0 Å². The number of hydrogen-bond acceptors (Lipinski definition) is 2. The van der Waals surface area contributed by atoms with Crippen molar-refractivity contribution < 1.29 is 23.4 Å². The maximum atomic E-state index is 13.8. The lowest BCUT2D eigenvalue weighted by Crippen LogP contribution is -2.49. The van der Waals surface area contributed by atoms with E-state index >= 15 is 0 Å². The van der Waals surface area contributed by atoms with Crippen molar-refractivity contribution in [3.63, 3.8) is 0 Å². The van der Waals surface area contributed by atoms with E-state index in [-0.39, 0.29) is 25.2 Å². The topological polar surface area (TPSA) is 46.5 Å². The van der Waals surface area contributed by atoms with Crippen LogP contribution in [0.4, 0.5) is 8.78 Å². The lowest BCUT2D eigenvalue weighted by atomic mass is 9.72. The number of carboxylic acid groups (broad SMARTS) is 1. The second-order valence-electron chi connectivity index (χ2n) is 4.84. The molecule has 1 atom stereocenters. The Bertz CT molecular complexity index is 469. The van der Waals surface area contributed by atoms with Crippen molar-refractivity contribution in [3.8, 4) is 0 Å². The minimum atomic E-state index is -0.946. The maximum absolute atomic E-state index is 13.8. The second-order valence-corrected chi connectivity index (χ2v) is 4.84.